The minimum absolute atomic E-state index is 0.151. The van der Waals surface area contributed by atoms with Crippen molar-refractivity contribution in [1.82, 2.24) is 0 Å². The minimum atomic E-state index is -0.386. The van der Waals surface area contributed by atoms with E-state index in [1.807, 2.05) is 24.3 Å². The molecule has 0 aromatic heterocycles. The highest BCUT2D eigenvalue weighted by atomic mass is 16.3. The van der Waals surface area contributed by atoms with Crippen LogP contribution in [0.25, 0.3) is 0 Å². The molecule has 4 heteroatoms. The quantitative estimate of drug-likeness (QED) is 0.680. The second-order valence-electron chi connectivity index (χ2n) is 8.38. The number of hydrogen-bond acceptors (Lipinski definition) is 4. The van der Waals surface area contributed by atoms with Crippen LogP contribution in [0.3, 0.4) is 0 Å². The first-order valence-electron chi connectivity index (χ1n) is 8.96. The monoisotopic (exact) mass is 336 g/mol. The number of nitrogens with two attached hydrogens (primary N) is 2. The number of rotatable bonds is 4. The van der Waals surface area contributed by atoms with Gasteiger partial charge in [-0.05, 0) is 67.7 Å². The third-order valence-corrected chi connectivity index (χ3v) is 4.78. The molecular formula is C20H36N2O2. The Morgan fingerprint density at radius 1 is 1.21 bits per heavy atom. The Morgan fingerprint density at radius 3 is 2.38 bits per heavy atom. The van der Waals surface area contributed by atoms with Crippen molar-refractivity contribution in [2.45, 2.75) is 65.6 Å². The first-order valence-corrected chi connectivity index (χ1v) is 8.96. The van der Waals surface area contributed by atoms with Crippen molar-refractivity contribution in [3.05, 3.63) is 35.4 Å². The smallest absolute Gasteiger partial charge is 0.0762 e. The van der Waals surface area contributed by atoms with Crippen LogP contribution in [0, 0.1) is 10.8 Å². The molecule has 1 aliphatic carbocycles. The fourth-order valence-corrected chi connectivity index (χ4v) is 3.91. The molecule has 0 radical (unpaired) electrons. The zero-order chi connectivity index (χ0) is 18.4. The van der Waals surface area contributed by atoms with E-state index in [9.17, 15) is 10.2 Å². The average Bonchev–Trinajstić information content (AvgIpc) is 2.46. The Morgan fingerprint density at radius 2 is 1.88 bits per heavy atom. The van der Waals surface area contributed by atoms with E-state index in [1.54, 1.807) is 6.92 Å². The van der Waals surface area contributed by atoms with E-state index in [0.29, 0.717) is 13.1 Å². The van der Waals surface area contributed by atoms with Gasteiger partial charge in [0.15, 0.2) is 0 Å². The van der Waals surface area contributed by atoms with Gasteiger partial charge in [-0.1, -0.05) is 45.0 Å². The summed E-state index contributed by atoms with van der Waals surface area (Å²) in [4.78, 5) is 0. The molecule has 1 fully saturated rings. The summed E-state index contributed by atoms with van der Waals surface area (Å²) in [5.41, 5.74) is 13.7. The van der Waals surface area contributed by atoms with Gasteiger partial charge in [0.1, 0.15) is 0 Å². The molecule has 0 amide bonds. The Labute approximate surface area is 147 Å². The first-order chi connectivity index (χ1) is 11.1. The van der Waals surface area contributed by atoms with Crippen LogP contribution in [0.4, 0.5) is 0 Å². The molecule has 1 aliphatic rings. The van der Waals surface area contributed by atoms with Crippen LogP contribution < -0.4 is 11.5 Å². The van der Waals surface area contributed by atoms with Gasteiger partial charge in [-0.2, -0.15) is 0 Å². The number of aliphatic hydroxyl groups is 2. The zero-order valence-electron chi connectivity index (χ0n) is 15.8. The average molecular weight is 337 g/mol. The van der Waals surface area contributed by atoms with E-state index >= 15 is 0 Å². The molecular weight excluding hydrogens is 300 g/mol. The van der Waals surface area contributed by atoms with Gasteiger partial charge in [-0.3, -0.25) is 0 Å². The first kappa shape index (κ1) is 21.1. The van der Waals surface area contributed by atoms with Gasteiger partial charge < -0.3 is 21.7 Å². The van der Waals surface area contributed by atoms with Crippen LogP contribution in [-0.4, -0.2) is 29.4 Å². The van der Waals surface area contributed by atoms with Gasteiger partial charge in [0.25, 0.3) is 0 Å². The van der Waals surface area contributed by atoms with Gasteiger partial charge in [0.05, 0.1) is 12.2 Å². The molecule has 3 atom stereocenters. The highest BCUT2D eigenvalue weighted by Crippen LogP contribution is 2.45. The molecule has 0 spiro atoms. The van der Waals surface area contributed by atoms with Crippen molar-refractivity contribution in [1.29, 1.82) is 0 Å². The van der Waals surface area contributed by atoms with Gasteiger partial charge in [0.2, 0.25) is 0 Å². The van der Waals surface area contributed by atoms with E-state index in [1.165, 1.54) is 5.56 Å². The van der Waals surface area contributed by atoms with Crippen LogP contribution in [0.2, 0.25) is 0 Å². The Hall–Kier alpha value is -0.940. The summed E-state index contributed by atoms with van der Waals surface area (Å²) >= 11 is 0. The number of aliphatic hydroxyl groups excluding tert-OH is 2. The standard InChI is InChI=1S/C10H21NO.C10H15NO/c1-9(2)4-8(12)5-10(3,6-9)7-11;1-8(12)10-4-2-3-9(7-10)5-6-11/h8,12H,4-7,11H2,1-3H3;2-4,7-8,12H,5-6,11H2,1H3. The largest absolute Gasteiger partial charge is 0.393 e. The lowest BCUT2D eigenvalue weighted by molar-refractivity contribution is -0.00501. The summed E-state index contributed by atoms with van der Waals surface area (Å²) in [6.45, 7) is 9.71. The van der Waals surface area contributed by atoms with Crippen molar-refractivity contribution < 1.29 is 10.2 Å². The molecule has 6 N–H and O–H groups in total. The van der Waals surface area contributed by atoms with Crippen LogP contribution in [0.15, 0.2) is 24.3 Å². The fraction of sp³-hybridized carbons (Fsp3) is 0.700. The van der Waals surface area contributed by atoms with E-state index in [-0.39, 0.29) is 23.0 Å². The fourth-order valence-electron chi connectivity index (χ4n) is 3.91. The zero-order valence-corrected chi connectivity index (χ0v) is 15.8. The summed E-state index contributed by atoms with van der Waals surface area (Å²) in [6, 6.07) is 7.90. The summed E-state index contributed by atoms with van der Waals surface area (Å²) < 4.78 is 0. The van der Waals surface area contributed by atoms with E-state index in [0.717, 1.165) is 31.2 Å². The molecule has 4 nitrogen and oxygen atoms in total. The maximum atomic E-state index is 9.66. The van der Waals surface area contributed by atoms with Gasteiger partial charge in [0, 0.05) is 0 Å². The van der Waals surface area contributed by atoms with Crippen LogP contribution in [-0.2, 0) is 6.42 Å². The van der Waals surface area contributed by atoms with Gasteiger partial charge in [-0.15, -0.1) is 0 Å². The highest BCUT2D eigenvalue weighted by Gasteiger charge is 2.39. The molecule has 1 saturated carbocycles. The van der Waals surface area contributed by atoms with Crippen molar-refractivity contribution in [2.24, 2.45) is 22.3 Å². The summed E-state index contributed by atoms with van der Waals surface area (Å²) in [6.07, 6.45) is 3.26. The van der Waals surface area contributed by atoms with Crippen molar-refractivity contribution in [3.8, 4) is 0 Å². The van der Waals surface area contributed by atoms with Crippen LogP contribution in [0.1, 0.15) is 64.2 Å². The lowest BCUT2D eigenvalue weighted by Crippen LogP contribution is -2.42. The Bertz CT molecular complexity index is 502. The predicted molar refractivity (Wildman–Crippen MR) is 101 cm³/mol. The van der Waals surface area contributed by atoms with E-state index in [4.69, 9.17) is 11.5 Å². The molecule has 3 unspecified atom stereocenters. The summed E-state index contributed by atoms with van der Waals surface area (Å²) in [5.74, 6) is 0. The Balaban J connectivity index is 0.000000240. The molecule has 0 aliphatic heterocycles. The van der Waals surface area contributed by atoms with Crippen LogP contribution >= 0.6 is 0 Å². The molecule has 138 valence electrons. The lowest BCUT2D eigenvalue weighted by atomic mass is 9.63. The molecule has 1 aromatic rings. The summed E-state index contributed by atoms with van der Waals surface area (Å²) in [7, 11) is 0. The molecule has 24 heavy (non-hydrogen) atoms. The van der Waals surface area contributed by atoms with Crippen LogP contribution in [0.5, 0.6) is 0 Å². The third kappa shape index (κ3) is 6.89. The summed E-state index contributed by atoms with van der Waals surface area (Å²) in [5, 5.41) is 18.9. The van der Waals surface area contributed by atoms with Crippen molar-refractivity contribution in [3.63, 3.8) is 0 Å². The van der Waals surface area contributed by atoms with E-state index in [2.05, 4.69) is 20.8 Å². The molecule has 0 heterocycles. The number of hydrogen-bond donors (Lipinski definition) is 4. The topological polar surface area (TPSA) is 92.5 Å². The van der Waals surface area contributed by atoms with Gasteiger partial charge >= 0.3 is 0 Å². The Kier molecular flexibility index (Phi) is 7.87. The normalized spacial score (nSPS) is 27.1. The molecule has 2 rings (SSSR count). The SMILES string of the molecule is CC(O)c1cccc(CCN)c1.CC1(C)CC(O)CC(C)(CN)C1. The van der Waals surface area contributed by atoms with Crippen molar-refractivity contribution in [2.75, 3.05) is 13.1 Å². The highest BCUT2D eigenvalue weighted by molar-refractivity contribution is 5.25. The second kappa shape index (κ2) is 8.95. The molecule has 0 bridgehead atoms. The van der Waals surface area contributed by atoms with Gasteiger partial charge in [-0.25, -0.2) is 0 Å². The maximum Gasteiger partial charge on any atom is 0.0762 e. The van der Waals surface area contributed by atoms with E-state index < -0.39 is 0 Å². The minimum Gasteiger partial charge on any atom is -0.393 e. The lowest BCUT2D eigenvalue weighted by Gasteiger charge is -2.44. The molecule has 0 saturated heterocycles. The third-order valence-electron chi connectivity index (χ3n) is 4.78. The second-order valence-corrected chi connectivity index (χ2v) is 8.38. The predicted octanol–water partition coefficient (Wildman–Crippen LogP) is 2.76. The molecule has 1 aromatic carbocycles. The maximum absolute atomic E-state index is 9.66. The number of benzene rings is 1. The van der Waals surface area contributed by atoms with Crippen molar-refractivity contribution >= 4 is 0 Å².